The van der Waals surface area contributed by atoms with E-state index in [1.807, 2.05) is 6.07 Å². The van der Waals surface area contributed by atoms with Crippen LogP contribution < -0.4 is 4.90 Å². The van der Waals surface area contributed by atoms with Gasteiger partial charge in [-0.25, -0.2) is 0 Å². The molecule has 0 amide bonds. The number of anilines is 1. The minimum atomic E-state index is -0.355. The number of piperidine rings is 1. The van der Waals surface area contributed by atoms with Crippen LogP contribution in [0.4, 0.5) is 11.4 Å². The number of hydrogen-bond acceptors (Lipinski definition) is 5. The minimum absolute atomic E-state index is 0.127. The summed E-state index contributed by atoms with van der Waals surface area (Å²) in [5.41, 5.74) is 1.18. The van der Waals surface area contributed by atoms with E-state index in [1.165, 1.54) is 12.8 Å². The van der Waals surface area contributed by atoms with Gasteiger partial charge in [0.25, 0.3) is 5.69 Å². The maximum atomic E-state index is 10.9. The molecule has 6 nitrogen and oxygen atoms in total. The Balaban J connectivity index is 1.64. The number of morpholine rings is 1. The van der Waals surface area contributed by atoms with Crippen molar-refractivity contribution in [3.05, 3.63) is 32.8 Å². The van der Waals surface area contributed by atoms with E-state index >= 15 is 0 Å². The Morgan fingerprint density at radius 1 is 1.30 bits per heavy atom. The van der Waals surface area contributed by atoms with E-state index in [-0.39, 0.29) is 10.6 Å². The summed E-state index contributed by atoms with van der Waals surface area (Å²) in [5.74, 6) is 0.643. The van der Waals surface area contributed by atoms with Gasteiger partial charge in [0.1, 0.15) is 0 Å². The lowest BCUT2D eigenvalue weighted by atomic mass is 9.96. The van der Waals surface area contributed by atoms with Crippen LogP contribution in [0.3, 0.4) is 0 Å². The van der Waals surface area contributed by atoms with Gasteiger partial charge in [-0.3, -0.25) is 15.0 Å². The number of ether oxygens (including phenoxy) is 1. The molecule has 0 radical (unpaired) electrons. The molecule has 23 heavy (non-hydrogen) atoms. The molecular formula is C16H22BrN3O3. The molecule has 0 aliphatic carbocycles. The lowest BCUT2D eigenvalue weighted by Gasteiger charge is -2.38. The van der Waals surface area contributed by atoms with E-state index in [4.69, 9.17) is 4.74 Å². The summed E-state index contributed by atoms with van der Waals surface area (Å²) >= 11 is 3.50. The van der Waals surface area contributed by atoms with E-state index in [1.54, 1.807) is 12.1 Å². The van der Waals surface area contributed by atoms with Crippen molar-refractivity contribution in [2.24, 2.45) is 5.92 Å². The third-order valence-corrected chi connectivity index (χ3v) is 5.26. The molecule has 0 N–H and O–H groups in total. The fourth-order valence-electron chi connectivity index (χ4n) is 3.45. The average molecular weight is 384 g/mol. The van der Waals surface area contributed by atoms with E-state index in [0.29, 0.717) is 5.92 Å². The first-order valence-electron chi connectivity index (χ1n) is 8.12. The first kappa shape index (κ1) is 16.7. The summed E-state index contributed by atoms with van der Waals surface area (Å²) in [4.78, 5) is 15.4. The fourth-order valence-corrected chi connectivity index (χ4v) is 4.07. The molecule has 0 spiro atoms. The maximum Gasteiger partial charge on any atom is 0.270 e. The molecule has 0 saturated carbocycles. The van der Waals surface area contributed by atoms with Crippen molar-refractivity contribution in [3.63, 3.8) is 0 Å². The topological polar surface area (TPSA) is 58.9 Å². The zero-order valence-electron chi connectivity index (χ0n) is 13.1. The molecule has 126 valence electrons. The quantitative estimate of drug-likeness (QED) is 0.590. The Morgan fingerprint density at radius 2 is 2.09 bits per heavy atom. The van der Waals surface area contributed by atoms with Crippen molar-refractivity contribution < 1.29 is 9.66 Å². The molecule has 1 aromatic carbocycles. The van der Waals surface area contributed by atoms with Crippen molar-refractivity contribution in [2.45, 2.75) is 12.8 Å². The number of nitro groups is 1. The van der Waals surface area contributed by atoms with Crippen LogP contribution in [-0.4, -0.2) is 55.8 Å². The number of non-ortho nitro benzene ring substituents is 1. The van der Waals surface area contributed by atoms with E-state index in [0.717, 1.165) is 56.1 Å². The first-order valence-corrected chi connectivity index (χ1v) is 8.92. The predicted octanol–water partition coefficient (Wildman–Crippen LogP) is 2.91. The molecule has 3 rings (SSSR count). The Morgan fingerprint density at radius 3 is 2.78 bits per heavy atom. The zero-order valence-corrected chi connectivity index (χ0v) is 14.7. The second-order valence-corrected chi connectivity index (χ2v) is 7.11. The molecule has 7 heteroatoms. The number of benzene rings is 1. The van der Waals surface area contributed by atoms with Crippen LogP contribution in [0.2, 0.25) is 0 Å². The third-order valence-electron chi connectivity index (χ3n) is 4.62. The largest absolute Gasteiger partial charge is 0.379 e. The summed E-state index contributed by atoms with van der Waals surface area (Å²) in [6.07, 6.45) is 2.41. The van der Waals surface area contributed by atoms with Gasteiger partial charge in [0.05, 0.1) is 23.8 Å². The summed E-state index contributed by atoms with van der Waals surface area (Å²) < 4.78 is 6.22. The molecule has 0 bridgehead atoms. The Hall–Kier alpha value is -1.18. The van der Waals surface area contributed by atoms with Gasteiger partial charge >= 0.3 is 0 Å². The van der Waals surface area contributed by atoms with Gasteiger partial charge < -0.3 is 9.64 Å². The van der Waals surface area contributed by atoms with Gasteiger partial charge in [-0.05, 0) is 40.8 Å². The minimum Gasteiger partial charge on any atom is -0.379 e. The third kappa shape index (κ3) is 4.22. The van der Waals surface area contributed by atoms with Gasteiger partial charge in [0.2, 0.25) is 0 Å². The van der Waals surface area contributed by atoms with Crippen LogP contribution in [0.5, 0.6) is 0 Å². The SMILES string of the molecule is O=[N+]([O-])c1ccc(N2CCCC(CN3CCOCC3)C2)c(Br)c1. The van der Waals surface area contributed by atoms with Crippen LogP contribution in [-0.2, 0) is 4.74 Å². The highest BCUT2D eigenvalue weighted by atomic mass is 79.9. The molecular weight excluding hydrogens is 362 g/mol. The first-order chi connectivity index (χ1) is 11.1. The molecule has 0 aromatic heterocycles. The van der Waals surface area contributed by atoms with Crippen molar-refractivity contribution in [1.82, 2.24) is 4.90 Å². The Bertz CT molecular complexity index is 564. The molecule has 2 fully saturated rings. The number of nitro benzene ring substituents is 1. The second-order valence-electron chi connectivity index (χ2n) is 6.26. The number of rotatable bonds is 4. The molecule has 1 unspecified atom stereocenters. The van der Waals surface area contributed by atoms with Crippen LogP contribution >= 0.6 is 15.9 Å². The monoisotopic (exact) mass is 383 g/mol. The summed E-state index contributed by atoms with van der Waals surface area (Å²) in [7, 11) is 0. The molecule has 1 atom stereocenters. The Kier molecular flexibility index (Phi) is 5.50. The number of halogens is 1. The molecule has 2 aliphatic rings. The maximum absolute atomic E-state index is 10.9. The molecule has 2 heterocycles. The van der Waals surface area contributed by atoms with Crippen molar-refractivity contribution >= 4 is 27.3 Å². The second kappa shape index (κ2) is 7.59. The van der Waals surface area contributed by atoms with Gasteiger partial charge in [0.15, 0.2) is 0 Å². The highest BCUT2D eigenvalue weighted by molar-refractivity contribution is 9.10. The van der Waals surface area contributed by atoms with E-state index < -0.39 is 0 Å². The number of hydrogen-bond donors (Lipinski definition) is 0. The fraction of sp³-hybridized carbons (Fsp3) is 0.625. The van der Waals surface area contributed by atoms with Crippen LogP contribution in [0.25, 0.3) is 0 Å². The molecule has 2 saturated heterocycles. The predicted molar refractivity (Wildman–Crippen MR) is 93.0 cm³/mol. The summed E-state index contributed by atoms with van der Waals surface area (Å²) in [5, 5.41) is 10.9. The average Bonchev–Trinajstić information content (AvgIpc) is 2.56. The zero-order chi connectivity index (χ0) is 16.2. The van der Waals surface area contributed by atoms with Crippen molar-refractivity contribution in [2.75, 3.05) is 50.8 Å². The Labute approximate surface area is 144 Å². The number of nitrogens with zero attached hydrogens (tertiary/aromatic N) is 3. The lowest BCUT2D eigenvalue weighted by Crippen LogP contribution is -2.44. The highest BCUT2D eigenvalue weighted by Gasteiger charge is 2.24. The van der Waals surface area contributed by atoms with E-state index in [9.17, 15) is 10.1 Å². The van der Waals surface area contributed by atoms with Crippen molar-refractivity contribution in [1.29, 1.82) is 0 Å². The lowest BCUT2D eigenvalue weighted by molar-refractivity contribution is -0.384. The van der Waals surface area contributed by atoms with Gasteiger partial charge in [-0.1, -0.05) is 0 Å². The summed E-state index contributed by atoms with van der Waals surface area (Å²) in [6.45, 7) is 6.86. The highest BCUT2D eigenvalue weighted by Crippen LogP contribution is 2.33. The van der Waals surface area contributed by atoms with Crippen molar-refractivity contribution in [3.8, 4) is 0 Å². The molecule has 2 aliphatic heterocycles. The van der Waals surface area contributed by atoms with E-state index in [2.05, 4.69) is 25.7 Å². The van der Waals surface area contributed by atoms with Gasteiger partial charge in [-0.15, -0.1) is 0 Å². The van der Waals surface area contributed by atoms with Gasteiger partial charge in [0, 0.05) is 49.3 Å². The van der Waals surface area contributed by atoms with Crippen LogP contribution in [0, 0.1) is 16.0 Å². The normalized spacial score (nSPS) is 23.0. The molecule has 1 aromatic rings. The smallest absolute Gasteiger partial charge is 0.270 e. The van der Waals surface area contributed by atoms with Crippen LogP contribution in [0.1, 0.15) is 12.8 Å². The summed E-state index contributed by atoms with van der Waals surface area (Å²) in [6, 6.07) is 5.05. The standard InChI is InChI=1S/C16H22BrN3O3/c17-15-10-14(20(21)22)3-4-16(15)19-5-1-2-13(12-19)11-18-6-8-23-9-7-18/h3-4,10,13H,1-2,5-9,11-12H2. The van der Waals surface area contributed by atoms with Crippen LogP contribution in [0.15, 0.2) is 22.7 Å². The van der Waals surface area contributed by atoms with Gasteiger partial charge in [-0.2, -0.15) is 0 Å².